The number of aliphatic imine (C=N–C) groups is 1. The summed E-state index contributed by atoms with van der Waals surface area (Å²) in [5.74, 6) is 2.04. The molecule has 0 aromatic heterocycles. The average Bonchev–Trinajstić information content (AvgIpc) is 2.93. The lowest BCUT2D eigenvalue weighted by atomic mass is 10.0. The molecule has 0 aliphatic carbocycles. The Kier molecular flexibility index (Phi) is 4.58. The van der Waals surface area contributed by atoms with Crippen LogP contribution in [0.5, 0.6) is 11.5 Å². The second-order valence-corrected chi connectivity index (χ2v) is 5.99. The summed E-state index contributed by atoms with van der Waals surface area (Å²) < 4.78 is 10.8. The lowest BCUT2D eigenvalue weighted by Crippen LogP contribution is -2.19. The lowest BCUT2D eigenvalue weighted by Gasteiger charge is -2.11. The Balaban J connectivity index is 1.83. The number of hydrazone groups is 1. The summed E-state index contributed by atoms with van der Waals surface area (Å²) >= 11 is 0. The van der Waals surface area contributed by atoms with Crippen molar-refractivity contribution < 1.29 is 9.47 Å². The Hall–Kier alpha value is -3.60. The van der Waals surface area contributed by atoms with Gasteiger partial charge in [0.1, 0.15) is 5.71 Å². The predicted octanol–water partition coefficient (Wildman–Crippen LogP) is 4.14. The molecule has 1 N–H and O–H groups in total. The third-order valence-corrected chi connectivity index (χ3v) is 4.37. The summed E-state index contributed by atoms with van der Waals surface area (Å²) in [6.07, 6.45) is 0. The van der Waals surface area contributed by atoms with Crippen LogP contribution in [0.2, 0.25) is 0 Å². The van der Waals surface area contributed by atoms with Crippen molar-refractivity contribution in [2.24, 2.45) is 10.1 Å². The van der Waals surface area contributed by atoms with Crippen molar-refractivity contribution in [1.29, 1.82) is 0 Å². The van der Waals surface area contributed by atoms with Crippen LogP contribution >= 0.6 is 0 Å². The zero-order valence-electron chi connectivity index (χ0n) is 15.1. The Morgan fingerprint density at radius 1 is 0.741 bits per heavy atom. The number of methoxy groups -OCH3 is 2. The van der Waals surface area contributed by atoms with E-state index in [4.69, 9.17) is 14.5 Å². The molecule has 27 heavy (non-hydrogen) atoms. The summed E-state index contributed by atoms with van der Waals surface area (Å²) in [4.78, 5) is 4.80. The molecular weight excluding hydrogens is 338 g/mol. The zero-order valence-corrected chi connectivity index (χ0v) is 15.1. The van der Waals surface area contributed by atoms with E-state index in [-0.39, 0.29) is 0 Å². The molecule has 0 bridgehead atoms. The molecule has 1 aliphatic rings. The Morgan fingerprint density at radius 2 is 1.48 bits per heavy atom. The number of benzene rings is 3. The number of hydrogen-bond acceptors (Lipinski definition) is 5. The minimum atomic E-state index is 0.656. The van der Waals surface area contributed by atoms with Crippen LogP contribution in [-0.2, 0) is 0 Å². The molecule has 1 heterocycles. The summed E-state index contributed by atoms with van der Waals surface area (Å²) in [6.45, 7) is 0. The maximum absolute atomic E-state index is 5.45. The van der Waals surface area contributed by atoms with Gasteiger partial charge in [0, 0.05) is 16.7 Å². The number of amidine groups is 1. The molecule has 134 valence electrons. The summed E-state index contributed by atoms with van der Waals surface area (Å²) in [5.41, 5.74) is 7.61. The molecule has 0 fully saturated rings. The first-order valence-corrected chi connectivity index (χ1v) is 8.60. The van der Waals surface area contributed by atoms with Crippen molar-refractivity contribution in [2.75, 3.05) is 14.2 Å². The average molecular weight is 357 g/mol. The minimum absolute atomic E-state index is 0.656. The van der Waals surface area contributed by atoms with E-state index in [0.29, 0.717) is 17.3 Å². The number of para-hydroxylation sites is 1. The van der Waals surface area contributed by atoms with Gasteiger partial charge in [0.05, 0.1) is 19.9 Å². The smallest absolute Gasteiger partial charge is 0.161 e. The van der Waals surface area contributed by atoms with Gasteiger partial charge in [-0.1, -0.05) is 48.5 Å². The molecule has 5 nitrogen and oxygen atoms in total. The SMILES string of the molecule is COc1ccc(C2=NNC(c3ccccc3)=Nc3ccccc32)cc1OC. The molecule has 3 aromatic carbocycles. The molecule has 0 saturated carbocycles. The van der Waals surface area contributed by atoms with Crippen LogP contribution in [0.15, 0.2) is 82.9 Å². The summed E-state index contributed by atoms with van der Waals surface area (Å²) in [6, 6.07) is 23.7. The van der Waals surface area contributed by atoms with Gasteiger partial charge in [0.15, 0.2) is 17.3 Å². The van der Waals surface area contributed by atoms with Crippen molar-refractivity contribution in [3.8, 4) is 11.5 Å². The maximum atomic E-state index is 5.45. The Labute approximate surface area is 158 Å². The number of hydrogen-bond donors (Lipinski definition) is 1. The Morgan fingerprint density at radius 3 is 2.26 bits per heavy atom. The van der Waals surface area contributed by atoms with E-state index in [2.05, 4.69) is 10.5 Å². The highest BCUT2D eigenvalue weighted by atomic mass is 16.5. The molecule has 0 atom stereocenters. The zero-order chi connectivity index (χ0) is 18.6. The maximum Gasteiger partial charge on any atom is 0.161 e. The van der Waals surface area contributed by atoms with Gasteiger partial charge >= 0.3 is 0 Å². The van der Waals surface area contributed by atoms with Crippen LogP contribution in [0.1, 0.15) is 16.7 Å². The van der Waals surface area contributed by atoms with E-state index in [0.717, 1.165) is 28.1 Å². The fourth-order valence-electron chi connectivity index (χ4n) is 3.01. The first kappa shape index (κ1) is 16.8. The molecule has 4 rings (SSSR count). The van der Waals surface area contributed by atoms with Crippen LogP contribution in [-0.4, -0.2) is 25.8 Å². The second-order valence-electron chi connectivity index (χ2n) is 5.99. The van der Waals surface area contributed by atoms with Gasteiger partial charge in [-0.3, -0.25) is 5.43 Å². The van der Waals surface area contributed by atoms with Crippen molar-refractivity contribution in [3.05, 3.63) is 89.5 Å². The number of nitrogens with one attached hydrogen (secondary N) is 1. The number of fused-ring (bicyclic) bond motifs is 1. The van der Waals surface area contributed by atoms with Gasteiger partial charge in [0.25, 0.3) is 0 Å². The fraction of sp³-hybridized carbons (Fsp3) is 0.0909. The molecule has 0 spiro atoms. The first-order valence-electron chi connectivity index (χ1n) is 8.60. The molecule has 0 saturated heterocycles. The molecule has 0 unspecified atom stereocenters. The van der Waals surface area contributed by atoms with Crippen molar-refractivity contribution in [3.63, 3.8) is 0 Å². The van der Waals surface area contributed by atoms with Crippen LogP contribution in [0.3, 0.4) is 0 Å². The quantitative estimate of drug-likeness (QED) is 0.764. The lowest BCUT2D eigenvalue weighted by molar-refractivity contribution is 0.355. The third-order valence-electron chi connectivity index (χ3n) is 4.37. The largest absolute Gasteiger partial charge is 0.493 e. The van der Waals surface area contributed by atoms with Gasteiger partial charge in [0.2, 0.25) is 0 Å². The molecule has 3 aromatic rings. The van der Waals surface area contributed by atoms with E-state index >= 15 is 0 Å². The Bertz CT molecular complexity index is 1030. The third kappa shape index (κ3) is 3.27. The van der Waals surface area contributed by atoms with E-state index in [9.17, 15) is 0 Å². The molecule has 0 amide bonds. The van der Waals surface area contributed by atoms with Gasteiger partial charge in [-0.05, 0) is 24.3 Å². The molecule has 0 radical (unpaired) electrons. The first-order chi connectivity index (χ1) is 13.3. The van der Waals surface area contributed by atoms with Crippen molar-refractivity contribution >= 4 is 17.2 Å². The van der Waals surface area contributed by atoms with Gasteiger partial charge in [-0.25, -0.2) is 4.99 Å². The highest BCUT2D eigenvalue weighted by molar-refractivity contribution is 6.18. The highest BCUT2D eigenvalue weighted by Crippen LogP contribution is 2.31. The van der Waals surface area contributed by atoms with E-state index in [1.54, 1.807) is 14.2 Å². The standard InChI is InChI=1S/C22H19N3O2/c1-26-19-13-12-16(14-20(19)27-2)21-17-10-6-7-11-18(17)23-22(25-24-21)15-8-4-3-5-9-15/h3-14H,1-2H3,(H,23,25). The summed E-state index contributed by atoms with van der Waals surface area (Å²) in [5, 5.41) is 4.66. The monoisotopic (exact) mass is 357 g/mol. The predicted molar refractivity (Wildman–Crippen MR) is 107 cm³/mol. The van der Waals surface area contributed by atoms with E-state index in [1.165, 1.54) is 0 Å². The minimum Gasteiger partial charge on any atom is -0.493 e. The van der Waals surface area contributed by atoms with Crippen molar-refractivity contribution in [1.82, 2.24) is 5.43 Å². The van der Waals surface area contributed by atoms with Gasteiger partial charge in [-0.15, -0.1) is 0 Å². The van der Waals surface area contributed by atoms with Gasteiger partial charge < -0.3 is 9.47 Å². The second kappa shape index (κ2) is 7.33. The topological polar surface area (TPSA) is 55.2 Å². The number of nitrogens with zero attached hydrogens (tertiary/aromatic N) is 2. The normalized spacial score (nSPS) is 12.8. The van der Waals surface area contributed by atoms with E-state index < -0.39 is 0 Å². The summed E-state index contributed by atoms with van der Waals surface area (Å²) in [7, 11) is 3.25. The molecule has 5 heteroatoms. The molecular formula is C22H19N3O2. The van der Waals surface area contributed by atoms with Gasteiger partial charge in [-0.2, -0.15) is 5.10 Å². The van der Waals surface area contributed by atoms with Crippen LogP contribution < -0.4 is 14.9 Å². The highest BCUT2D eigenvalue weighted by Gasteiger charge is 2.18. The number of ether oxygens (including phenoxy) is 2. The van der Waals surface area contributed by atoms with Crippen LogP contribution in [0, 0.1) is 0 Å². The van der Waals surface area contributed by atoms with Crippen LogP contribution in [0.25, 0.3) is 0 Å². The fourth-order valence-corrected chi connectivity index (χ4v) is 3.01. The molecule has 1 aliphatic heterocycles. The van der Waals surface area contributed by atoms with Crippen molar-refractivity contribution in [2.45, 2.75) is 0 Å². The van der Waals surface area contributed by atoms with E-state index in [1.807, 2.05) is 72.8 Å². The van der Waals surface area contributed by atoms with Crippen LogP contribution in [0.4, 0.5) is 5.69 Å². The number of rotatable bonds is 4.